The summed E-state index contributed by atoms with van der Waals surface area (Å²) in [5.74, 6) is 0.801. The summed E-state index contributed by atoms with van der Waals surface area (Å²) in [7, 11) is 1.64. The van der Waals surface area contributed by atoms with Gasteiger partial charge in [-0.05, 0) is 13.0 Å². The molecule has 0 saturated heterocycles. The topological polar surface area (TPSA) is 44.1 Å². The third-order valence-electron chi connectivity index (χ3n) is 2.47. The number of carbonyl (C=O) groups is 1. The minimum absolute atomic E-state index is 0.631. The molecule has 0 aromatic carbocycles. The van der Waals surface area contributed by atoms with Gasteiger partial charge in [0.15, 0.2) is 6.29 Å². The van der Waals surface area contributed by atoms with Gasteiger partial charge in [-0.25, -0.2) is 0 Å². The molecule has 0 saturated carbocycles. The average Bonchev–Trinajstić information content (AvgIpc) is 2.76. The number of rotatable bonds is 4. The van der Waals surface area contributed by atoms with Gasteiger partial charge in [0.25, 0.3) is 0 Å². The van der Waals surface area contributed by atoms with Gasteiger partial charge in [-0.1, -0.05) is 0 Å². The number of ether oxygens (including phenoxy) is 1. The monoisotopic (exact) mass is 230 g/mol. The number of aldehydes is 1. The third kappa shape index (κ3) is 2.72. The van der Waals surface area contributed by atoms with Crippen molar-refractivity contribution < 1.29 is 9.53 Å². The molecule has 0 fully saturated rings. The molecule has 88 valence electrons. The average molecular weight is 230 g/mol. The van der Waals surface area contributed by atoms with Gasteiger partial charge in [0.1, 0.15) is 5.75 Å². The van der Waals surface area contributed by atoms with Gasteiger partial charge in [0, 0.05) is 35.8 Å². The predicted octanol–water partition coefficient (Wildman–Crippen LogP) is 2.06. The number of pyridine rings is 1. The second-order valence-electron chi connectivity index (χ2n) is 3.87. The normalized spacial score (nSPS) is 10.2. The van der Waals surface area contributed by atoms with Crippen LogP contribution in [0, 0.1) is 6.92 Å². The Morgan fingerprint density at radius 3 is 2.94 bits per heavy atom. The Bertz CT molecular complexity index is 532. The molecule has 0 atom stereocenters. The first-order chi connectivity index (χ1) is 8.21. The Labute approximate surface area is 99.9 Å². The number of carbonyl (C=O) groups excluding carboxylic acids is 1. The number of aromatic nitrogens is 2. The van der Waals surface area contributed by atoms with Crippen LogP contribution in [0.3, 0.4) is 0 Å². The van der Waals surface area contributed by atoms with Crippen LogP contribution < -0.4 is 4.74 Å². The second-order valence-corrected chi connectivity index (χ2v) is 3.87. The second kappa shape index (κ2) is 4.82. The maximum atomic E-state index is 10.6. The Morgan fingerprint density at radius 2 is 2.29 bits per heavy atom. The molecule has 4 heteroatoms. The molecular formula is C13H14N2O2. The van der Waals surface area contributed by atoms with Crippen molar-refractivity contribution in [3.63, 3.8) is 0 Å². The zero-order chi connectivity index (χ0) is 12.3. The molecule has 2 aromatic rings. The lowest BCUT2D eigenvalue weighted by Crippen LogP contribution is -2.01. The smallest absolute Gasteiger partial charge is 0.151 e. The van der Waals surface area contributed by atoms with Crippen molar-refractivity contribution in [2.45, 2.75) is 13.5 Å². The van der Waals surface area contributed by atoms with E-state index in [1.807, 2.05) is 29.8 Å². The van der Waals surface area contributed by atoms with E-state index in [4.69, 9.17) is 4.74 Å². The fourth-order valence-corrected chi connectivity index (χ4v) is 1.72. The lowest BCUT2D eigenvalue weighted by Gasteiger charge is -2.06. The highest BCUT2D eigenvalue weighted by molar-refractivity contribution is 5.74. The quantitative estimate of drug-likeness (QED) is 0.755. The molecule has 0 spiro atoms. The fourth-order valence-electron chi connectivity index (χ4n) is 1.72. The van der Waals surface area contributed by atoms with Crippen LogP contribution >= 0.6 is 0 Å². The Kier molecular flexibility index (Phi) is 3.23. The van der Waals surface area contributed by atoms with Crippen LogP contribution in [0.5, 0.6) is 5.75 Å². The van der Waals surface area contributed by atoms with Crippen LogP contribution in [0.1, 0.15) is 21.7 Å². The first kappa shape index (κ1) is 11.4. The van der Waals surface area contributed by atoms with Crippen molar-refractivity contribution in [3.8, 4) is 5.75 Å². The number of hydrogen-bond acceptors (Lipinski definition) is 3. The summed E-state index contributed by atoms with van der Waals surface area (Å²) in [5.41, 5.74) is 2.50. The summed E-state index contributed by atoms with van der Waals surface area (Å²) in [5, 5.41) is 0. The van der Waals surface area contributed by atoms with E-state index in [2.05, 4.69) is 4.98 Å². The maximum absolute atomic E-state index is 10.6. The highest BCUT2D eigenvalue weighted by Gasteiger charge is 2.02. The van der Waals surface area contributed by atoms with E-state index in [0.29, 0.717) is 12.1 Å². The summed E-state index contributed by atoms with van der Waals surface area (Å²) in [6, 6.07) is 5.56. The fraction of sp³-hybridized carbons (Fsp3) is 0.231. The highest BCUT2D eigenvalue weighted by atomic mass is 16.5. The van der Waals surface area contributed by atoms with E-state index in [0.717, 1.165) is 23.4 Å². The van der Waals surface area contributed by atoms with Crippen molar-refractivity contribution in [1.82, 2.24) is 9.55 Å². The molecule has 0 radical (unpaired) electrons. The molecule has 0 amide bonds. The lowest BCUT2D eigenvalue weighted by molar-refractivity contribution is 0.112. The van der Waals surface area contributed by atoms with Crippen LogP contribution in [-0.2, 0) is 6.54 Å². The Balaban J connectivity index is 2.22. The van der Waals surface area contributed by atoms with E-state index in [9.17, 15) is 4.79 Å². The van der Waals surface area contributed by atoms with Crippen molar-refractivity contribution in [2.24, 2.45) is 0 Å². The number of hydrogen-bond donors (Lipinski definition) is 0. The van der Waals surface area contributed by atoms with Crippen molar-refractivity contribution >= 4 is 6.29 Å². The third-order valence-corrected chi connectivity index (χ3v) is 2.47. The highest BCUT2D eigenvalue weighted by Crippen LogP contribution is 2.14. The van der Waals surface area contributed by atoms with E-state index in [-0.39, 0.29) is 0 Å². The largest absolute Gasteiger partial charge is 0.497 e. The van der Waals surface area contributed by atoms with E-state index >= 15 is 0 Å². The van der Waals surface area contributed by atoms with E-state index in [1.165, 1.54) is 0 Å². The van der Waals surface area contributed by atoms with Crippen molar-refractivity contribution in [2.75, 3.05) is 7.11 Å². The molecule has 0 aliphatic carbocycles. The molecule has 17 heavy (non-hydrogen) atoms. The van der Waals surface area contributed by atoms with Gasteiger partial charge in [0.2, 0.25) is 0 Å². The zero-order valence-corrected chi connectivity index (χ0v) is 9.88. The van der Waals surface area contributed by atoms with Gasteiger partial charge in [-0.2, -0.15) is 0 Å². The first-order valence-electron chi connectivity index (χ1n) is 5.34. The molecule has 2 rings (SSSR count). The van der Waals surface area contributed by atoms with E-state index < -0.39 is 0 Å². The summed E-state index contributed by atoms with van der Waals surface area (Å²) >= 11 is 0. The molecule has 0 aliphatic heterocycles. The van der Waals surface area contributed by atoms with Gasteiger partial charge in [-0.3, -0.25) is 9.78 Å². The first-order valence-corrected chi connectivity index (χ1v) is 5.34. The molecule has 0 bridgehead atoms. The Morgan fingerprint density at radius 1 is 1.47 bits per heavy atom. The molecule has 0 unspecified atom stereocenters. The number of methoxy groups -OCH3 is 1. The lowest BCUT2D eigenvalue weighted by atomic mass is 10.3. The molecule has 0 aliphatic rings. The molecule has 4 nitrogen and oxygen atoms in total. The minimum atomic E-state index is 0.631. The van der Waals surface area contributed by atoms with Crippen LogP contribution in [0.2, 0.25) is 0 Å². The Hall–Kier alpha value is -2.10. The maximum Gasteiger partial charge on any atom is 0.151 e. The molecule has 2 heterocycles. The van der Waals surface area contributed by atoms with Gasteiger partial charge in [0.05, 0.1) is 19.3 Å². The van der Waals surface area contributed by atoms with Crippen LogP contribution in [0.4, 0.5) is 0 Å². The SMILES string of the molecule is COc1cc(C)nc(Cn2ccc(C=O)c2)c1. The van der Waals surface area contributed by atoms with E-state index in [1.54, 1.807) is 19.4 Å². The number of nitrogens with zero attached hydrogens (tertiary/aromatic N) is 2. The summed E-state index contributed by atoms with van der Waals surface area (Å²) in [6.07, 6.45) is 4.49. The summed E-state index contributed by atoms with van der Waals surface area (Å²) < 4.78 is 7.12. The molecular weight excluding hydrogens is 216 g/mol. The molecule has 0 N–H and O–H groups in total. The van der Waals surface area contributed by atoms with Crippen molar-refractivity contribution in [1.29, 1.82) is 0 Å². The van der Waals surface area contributed by atoms with Crippen molar-refractivity contribution in [3.05, 3.63) is 47.5 Å². The van der Waals surface area contributed by atoms with Gasteiger partial charge < -0.3 is 9.30 Å². The van der Waals surface area contributed by atoms with Crippen LogP contribution in [0.25, 0.3) is 0 Å². The predicted molar refractivity (Wildman–Crippen MR) is 64.4 cm³/mol. The summed E-state index contributed by atoms with van der Waals surface area (Å²) in [6.45, 7) is 2.56. The zero-order valence-electron chi connectivity index (χ0n) is 9.88. The van der Waals surface area contributed by atoms with Gasteiger partial charge >= 0.3 is 0 Å². The van der Waals surface area contributed by atoms with Crippen LogP contribution in [-0.4, -0.2) is 22.9 Å². The standard InChI is InChI=1S/C13H14N2O2/c1-10-5-13(17-2)6-12(14-10)8-15-4-3-11(7-15)9-16/h3-7,9H,8H2,1-2H3. The van der Waals surface area contributed by atoms with Gasteiger partial charge in [-0.15, -0.1) is 0 Å². The minimum Gasteiger partial charge on any atom is -0.497 e. The molecule has 2 aromatic heterocycles. The summed E-state index contributed by atoms with van der Waals surface area (Å²) in [4.78, 5) is 15.0. The van der Waals surface area contributed by atoms with Crippen LogP contribution in [0.15, 0.2) is 30.6 Å². The number of aryl methyl sites for hydroxylation is 1.